The molecule has 2 atom stereocenters. The Balaban J connectivity index is 1.59. The molecule has 0 spiro atoms. The second kappa shape index (κ2) is 8.00. The van der Waals surface area contributed by atoms with E-state index in [1.807, 2.05) is 18.9 Å². The third kappa shape index (κ3) is 3.70. The van der Waals surface area contributed by atoms with Gasteiger partial charge in [-0.1, -0.05) is 6.92 Å². The van der Waals surface area contributed by atoms with Crippen LogP contribution in [0.15, 0.2) is 15.3 Å². The van der Waals surface area contributed by atoms with Gasteiger partial charge in [0.1, 0.15) is 27.7 Å². The summed E-state index contributed by atoms with van der Waals surface area (Å²) in [6.07, 6.45) is 3.10. The molecular weight excluding hydrogens is 402 g/mol. The first-order chi connectivity index (χ1) is 14.3. The zero-order chi connectivity index (χ0) is 21.6. The van der Waals surface area contributed by atoms with Crippen LogP contribution >= 0.6 is 11.3 Å². The number of carbonyl (C=O) groups excluding carboxylic acids is 1. The molecule has 0 aromatic carbocycles. The van der Waals surface area contributed by atoms with Crippen LogP contribution in [0.4, 0.5) is 0 Å². The Morgan fingerprint density at radius 1 is 1.50 bits per heavy atom. The number of aromatic nitrogens is 2. The van der Waals surface area contributed by atoms with Gasteiger partial charge in [-0.05, 0) is 57.7 Å². The number of hydrogen-bond donors (Lipinski definition) is 1. The van der Waals surface area contributed by atoms with Gasteiger partial charge in [-0.15, -0.1) is 11.3 Å². The van der Waals surface area contributed by atoms with E-state index in [1.165, 1.54) is 17.6 Å². The van der Waals surface area contributed by atoms with Gasteiger partial charge >= 0.3 is 5.97 Å². The van der Waals surface area contributed by atoms with Gasteiger partial charge in [-0.3, -0.25) is 9.69 Å². The van der Waals surface area contributed by atoms with E-state index < -0.39 is 5.97 Å². The summed E-state index contributed by atoms with van der Waals surface area (Å²) in [5, 5.41) is 0.768. The number of nitrogens with one attached hydrogen (secondary N) is 1. The number of thiophene rings is 1. The van der Waals surface area contributed by atoms with Crippen LogP contribution < -0.4 is 5.56 Å². The van der Waals surface area contributed by atoms with Crippen LogP contribution in [0.5, 0.6) is 0 Å². The maximum atomic E-state index is 12.9. The number of fused-ring (bicyclic) bond motifs is 3. The third-order valence-electron chi connectivity index (χ3n) is 6.02. The number of aromatic amines is 1. The molecule has 3 aromatic heterocycles. The first-order valence-corrected chi connectivity index (χ1v) is 11.0. The van der Waals surface area contributed by atoms with E-state index in [9.17, 15) is 9.59 Å². The van der Waals surface area contributed by atoms with Gasteiger partial charge in [0, 0.05) is 4.88 Å². The van der Waals surface area contributed by atoms with Gasteiger partial charge < -0.3 is 14.1 Å². The maximum absolute atomic E-state index is 12.9. The molecule has 0 saturated carbocycles. The SMILES string of the molecule is COC(=O)c1cc(CN(C)C(C)c2nc3sc4c(c3c(=O)[nH]2)CCC(C)C4)oc1C. The predicted molar refractivity (Wildman–Crippen MR) is 116 cm³/mol. The van der Waals surface area contributed by atoms with E-state index in [-0.39, 0.29) is 11.6 Å². The number of methoxy groups -OCH3 is 1. The summed E-state index contributed by atoms with van der Waals surface area (Å²) in [6.45, 7) is 6.47. The Hall–Kier alpha value is -2.45. The fourth-order valence-corrected chi connectivity index (χ4v) is 5.48. The highest BCUT2D eigenvalue weighted by molar-refractivity contribution is 7.18. The lowest BCUT2D eigenvalue weighted by molar-refractivity contribution is 0.0599. The van der Waals surface area contributed by atoms with E-state index in [0.717, 1.165) is 29.5 Å². The lowest BCUT2D eigenvalue weighted by atomic mass is 9.89. The summed E-state index contributed by atoms with van der Waals surface area (Å²) < 4.78 is 10.5. The molecule has 1 aliphatic rings. The molecule has 0 fully saturated rings. The van der Waals surface area contributed by atoms with Crippen molar-refractivity contribution in [1.82, 2.24) is 14.9 Å². The van der Waals surface area contributed by atoms with Gasteiger partial charge in [0.25, 0.3) is 5.56 Å². The smallest absolute Gasteiger partial charge is 0.341 e. The molecule has 3 aromatic rings. The summed E-state index contributed by atoms with van der Waals surface area (Å²) in [6, 6.07) is 1.57. The van der Waals surface area contributed by atoms with Crippen LogP contribution in [0.25, 0.3) is 10.2 Å². The van der Waals surface area contributed by atoms with Crippen molar-refractivity contribution in [1.29, 1.82) is 0 Å². The quantitative estimate of drug-likeness (QED) is 0.617. The molecule has 8 heteroatoms. The second-order valence-electron chi connectivity index (χ2n) is 8.25. The van der Waals surface area contributed by atoms with E-state index in [0.29, 0.717) is 35.4 Å². The summed E-state index contributed by atoms with van der Waals surface area (Å²) in [5.74, 6) is 2.07. The van der Waals surface area contributed by atoms with Crippen molar-refractivity contribution in [2.24, 2.45) is 5.92 Å². The highest BCUT2D eigenvalue weighted by atomic mass is 32.1. The summed E-state index contributed by atoms with van der Waals surface area (Å²) in [5.41, 5.74) is 1.57. The topological polar surface area (TPSA) is 88.4 Å². The van der Waals surface area contributed by atoms with Crippen LogP contribution in [0.1, 0.15) is 64.5 Å². The van der Waals surface area contributed by atoms with E-state index in [2.05, 4.69) is 11.9 Å². The van der Waals surface area contributed by atoms with Crippen LogP contribution in [0.3, 0.4) is 0 Å². The molecular formula is C22H27N3O4S. The Morgan fingerprint density at radius 2 is 2.27 bits per heavy atom. The molecule has 1 aliphatic carbocycles. The first kappa shape index (κ1) is 20.8. The molecule has 0 amide bonds. The van der Waals surface area contributed by atoms with Gasteiger partial charge in [0.2, 0.25) is 0 Å². The minimum absolute atomic E-state index is 0.0517. The van der Waals surface area contributed by atoms with E-state index in [1.54, 1.807) is 24.3 Å². The van der Waals surface area contributed by atoms with Gasteiger partial charge in [0.05, 0.1) is 25.1 Å². The molecule has 1 N–H and O–H groups in total. The number of H-pyrrole nitrogens is 1. The number of carbonyl (C=O) groups is 1. The molecule has 160 valence electrons. The van der Waals surface area contributed by atoms with Crippen molar-refractivity contribution in [3.63, 3.8) is 0 Å². The normalized spacial score (nSPS) is 17.3. The van der Waals surface area contributed by atoms with Crippen molar-refractivity contribution in [2.75, 3.05) is 14.2 Å². The average molecular weight is 430 g/mol. The molecule has 0 aliphatic heterocycles. The Kier molecular flexibility index (Phi) is 5.55. The highest BCUT2D eigenvalue weighted by Crippen LogP contribution is 2.36. The summed E-state index contributed by atoms with van der Waals surface area (Å²) >= 11 is 1.66. The minimum atomic E-state index is -0.411. The molecule has 30 heavy (non-hydrogen) atoms. The zero-order valence-electron chi connectivity index (χ0n) is 18.0. The van der Waals surface area contributed by atoms with Crippen LogP contribution in [-0.4, -0.2) is 35.0 Å². The summed E-state index contributed by atoms with van der Waals surface area (Å²) in [4.78, 5) is 36.7. The minimum Gasteiger partial charge on any atom is -0.465 e. The molecule has 3 heterocycles. The van der Waals surface area contributed by atoms with Crippen molar-refractivity contribution in [3.05, 3.63) is 49.8 Å². The zero-order valence-corrected chi connectivity index (χ0v) is 18.8. The number of aryl methyl sites for hydroxylation is 2. The average Bonchev–Trinajstić information content (AvgIpc) is 3.25. The van der Waals surface area contributed by atoms with E-state index >= 15 is 0 Å². The van der Waals surface area contributed by atoms with Crippen molar-refractivity contribution < 1.29 is 13.9 Å². The fraction of sp³-hybridized carbons (Fsp3) is 0.500. The van der Waals surface area contributed by atoms with Gasteiger partial charge in [-0.25, -0.2) is 9.78 Å². The Labute approximate surface area is 179 Å². The monoisotopic (exact) mass is 429 g/mol. The van der Waals surface area contributed by atoms with Crippen molar-refractivity contribution >= 4 is 27.5 Å². The van der Waals surface area contributed by atoms with Crippen LogP contribution in [0.2, 0.25) is 0 Å². The highest BCUT2D eigenvalue weighted by Gasteiger charge is 2.25. The molecule has 0 saturated heterocycles. The molecule has 2 unspecified atom stereocenters. The number of esters is 1. The van der Waals surface area contributed by atoms with Crippen LogP contribution in [-0.2, 0) is 24.1 Å². The second-order valence-corrected chi connectivity index (χ2v) is 9.33. The van der Waals surface area contributed by atoms with Crippen molar-refractivity contribution in [2.45, 2.75) is 52.6 Å². The van der Waals surface area contributed by atoms with Crippen LogP contribution in [0, 0.1) is 12.8 Å². The standard InChI is InChI=1S/C22H27N3O4S/c1-11-6-7-15-17(8-11)30-21-18(15)20(26)23-19(24-21)12(2)25(4)10-14-9-16(13(3)29-14)22(27)28-5/h9,11-12H,6-8,10H2,1-5H3,(H,23,24,26). The number of ether oxygens (including phenoxy) is 1. The lowest BCUT2D eigenvalue weighted by Crippen LogP contribution is -2.25. The van der Waals surface area contributed by atoms with E-state index in [4.69, 9.17) is 14.1 Å². The molecule has 0 bridgehead atoms. The fourth-order valence-electron chi connectivity index (χ4n) is 4.09. The number of hydrogen-bond acceptors (Lipinski definition) is 7. The molecule has 4 rings (SSSR count). The summed E-state index contributed by atoms with van der Waals surface area (Å²) in [7, 11) is 3.29. The molecule has 0 radical (unpaired) electrons. The van der Waals surface area contributed by atoms with Gasteiger partial charge in [0.15, 0.2) is 0 Å². The Bertz CT molecular complexity index is 1160. The third-order valence-corrected chi connectivity index (χ3v) is 7.17. The first-order valence-electron chi connectivity index (χ1n) is 10.2. The number of furan rings is 1. The van der Waals surface area contributed by atoms with Crippen molar-refractivity contribution in [3.8, 4) is 0 Å². The van der Waals surface area contributed by atoms with Gasteiger partial charge in [-0.2, -0.15) is 0 Å². The molecule has 7 nitrogen and oxygen atoms in total. The largest absolute Gasteiger partial charge is 0.465 e. The number of nitrogens with zero attached hydrogens (tertiary/aromatic N) is 2. The maximum Gasteiger partial charge on any atom is 0.341 e. The predicted octanol–water partition coefficient (Wildman–Crippen LogP) is 3.99. The number of rotatable bonds is 5. The Morgan fingerprint density at radius 3 is 3.00 bits per heavy atom. The lowest BCUT2D eigenvalue weighted by Gasteiger charge is -2.22.